The van der Waals surface area contributed by atoms with E-state index in [-0.39, 0.29) is 18.9 Å². The minimum Gasteiger partial charge on any atom is -0.457 e. The molecule has 0 radical (unpaired) electrons. The maximum absolute atomic E-state index is 12.6. The first-order chi connectivity index (χ1) is 14.7. The molecular weight excluding hydrogens is 378 g/mol. The van der Waals surface area contributed by atoms with Gasteiger partial charge in [-0.15, -0.1) is 6.42 Å². The van der Waals surface area contributed by atoms with E-state index in [0.717, 1.165) is 5.56 Å². The molecule has 3 aromatic carbocycles. The van der Waals surface area contributed by atoms with Gasteiger partial charge in [-0.3, -0.25) is 4.79 Å². The molecule has 0 heterocycles. The predicted octanol–water partition coefficient (Wildman–Crippen LogP) is 4.00. The maximum Gasteiger partial charge on any atom is 0.329 e. The highest BCUT2D eigenvalue weighted by Gasteiger charge is 2.24. The standard InChI is InChI=1S/C25H21NO4/c1-2-17-29-25(28)22(26-24(27)19-11-5-3-6-12-19)18-20-13-9-10-16-23(20)30-21-14-7-4-8-15-21/h1,3-16,22H,17-18H2,(H,26,27). The molecule has 0 bridgehead atoms. The van der Waals surface area contributed by atoms with Crippen LogP contribution in [-0.4, -0.2) is 24.5 Å². The Hall–Kier alpha value is -4.04. The molecule has 3 aromatic rings. The Morgan fingerprint density at radius 2 is 1.53 bits per heavy atom. The molecule has 1 amide bonds. The number of nitrogens with one attached hydrogen (secondary N) is 1. The van der Waals surface area contributed by atoms with Gasteiger partial charge in [-0.05, 0) is 35.9 Å². The first-order valence-corrected chi connectivity index (χ1v) is 9.44. The number of hydrogen-bond donors (Lipinski definition) is 1. The van der Waals surface area contributed by atoms with Gasteiger partial charge in [-0.2, -0.15) is 0 Å². The summed E-state index contributed by atoms with van der Waals surface area (Å²) in [4.78, 5) is 25.2. The normalized spacial score (nSPS) is 11.0. The van der Waals surface area contributed by atoms with Gasteiger partial charge in [-0.25, -0.2) is 4.79 Å². The van der Waals surface area contributed by atoms with Crippen molar-refractivity contribution in [2.24, 2.45) is 0 Å². The molecule has 5 heteroatoms. The molecule has 30 heavy (non-hydrogen) atoms. The summed E-state index contributed by atoms with van der Waals surface area (Å²) in [6.45, 7) is -0.168. The lowest BCUT2D eigenvalue weighted by Crippen LogP contribution is -2.43. The first-order valence-electron chi connectivity index (χ1n) is 9.44. The Balaban J connectivity index is 1.81. The molecule has 0 aliphatic rings. The van der Waals surface area contributed by atoms with Crippen LogP contribution in [0.1, 0.15) is 15.9 Å². The van der Waals surface area contributed by atoms with E-state index >= 15 is 0 Å². The Labute approximate surface area is 175 Å². The minimum atomic E-state index is -0.924. The quantitative estimate of drug-likeness (QED) is 0.459. The van der Waals surface area contributed by atoms with E-state index < -0.39 is 12.0 Å². The highest BCUT2D eigenvalue weighted by atomic mass is 16.5. The van der Waals surface area contributed by atoms with Crippen LogP contribution in [0.15, 0.2) is 84.9 Å². The summed E-state index contributed by atoms with van der Waals surface area (Å²) in [6, 6.07) is 24.4. The predicted molar refractivity (Wildman–Crippen MR) is 114 cm³/mol. The van der Waals surface area contributed by atoms with E-state index in [2.05, 4.69) is 11.2 Å². The van der Waals surface area contributed by atoms with Crippen LogP contribution in [0.25, 0.3) is 0 Å². The number of terminal acetylenes is 1. The van der Waals surface area contributed by atoms with Crippen LogP contribution in [0.2, 0.25) is 0 Å². The first kappa shape index (κ1) is 20.7. The Morgan fingerprint density at radius 3 is 2.23 bits per heavy atom. The Bertz CT molecular complexity index is 1030. The van der Waals surface area contributed by atoms with E-state index in [0.29, 0.717) is 17.1 Å². The summed E-state index contributed by atoms with van der Waals surface area (Å²) in [5.74, 6) is 2.55. The summed E-state index contributed by atoms with van der Waals surface area (Å²) in [7, 11) is 0. The highest BCUT2D eigenvalue weighted by Crippen LogP contribution is 2.26. The number of hydrogen-bond acceptors (Lipinski definition) is 4. The second kappa shape index (κ2) is 10.5. The number of amides is 1. The molecule has 0 saturated heterocycles. The zero-order valence-electron chi connectivity index (χ0n) is 16.3. The van der Waals surface area contributed by atoms with Crippen LogP contribution in [0, 0.1) is 12.3 Å². The van der Waals surface area contributed by atoms with Gasteiger partial charge in [-0.1, -0.05) is 60.5 Å². The summed E-state index contributed by atoms with van der Waals surface area (Å²) in [5, 5.41) is 2.74. The minimum absolute atomic E-state index is 0.168. The molecular formula is C25H21NO4. The number of rotatable bonds is 8. The lowest BCUT2D eigenvalue weighted by molar-refractivity contribution is -0.144. The molecule has 0 spiro atoms. The van der Waals surface area contributed by atoms with Gasteiger partial charge in [0.05, 0.1) is 0 Å². The van der Waals surface area contributed by atoms with Crippen molar-refractivity contribution < 1.29 is 19.1 Å². The smallest absolute Gasteiger partial charge is 0.329 e. The average molecular weight is 399 g/mol. The monoisotopic (exact) mass is 399 g/mol. The van der Waals surface area contributed by atoms with Gasteiger partial charge in [0.1, 0.15) is 17.5 Å². The summed E-state index contributed by atoms with van der Waals surface area (Å²) in [6.07, 6.45) is 5.38. The number of ether oxygens (including phenoxy) is 2. The Kier molecular flexibility index (Phi) is 7.23. The fourth-order valence-corrected chi connectivity index (χ4v) is 2.85. The van der Waals surface area contributed by atoms with Crippen molar-refractivity contribution in [3.05, 3.63) is 96.1 Å². The molecule has 3 rings (SSSR count). The van der Waals surface area contributed by atoms with Gasteiger partial charge in [0, 0.05) is 12.0 Å². The van der Waals surface area contributed by atoms with Crippen molar-refractivity contribution in [3.63, 3.8) is 0 Å². The summed E-state index contributed by atoms with van der Waals surface area (Å²) < 4.78 is 11.1. The number of benzene rings is 3. The zero-order valence-corrected chi connectivity index (χ0v) is 16.3. The number of carbonyl (C=O) groups excluding carboxylic acids is 2. The van der Waals surface area contributed by atoms with Crippen molar-refractivity contribution in [2.75, 3.05) is 6.61 Å². The van der Waals surface area contributed by atoms with E-state index in [4.69, 9.17) is 15.9 Å². The van der Waals surface area contributed by atoms with Crippen LogP contribution in [0.3, 0.4) is 0 Å². The Morgan fingerprint density at radius 1 is 0.900 bits per heavy atom. The third kappa shape index (κ3) is 5.73. The summed E-state index contributed by atoms with van der Waals surface area (Å²) in [5.41, 5.74) is 1.19. The van der Waals surface area contributed by atoms with Crippen LogP contribution in [0.4, 0.5) is 0 Å². The largest absolute Gasteiger partial charge is 0.457 e. The molecule has 5 nitrogen and oxygen atoms in total. The van der Waals surface area contributed by atoms with Gasteiger partial charge < -0.3 is 14.8 Å². The van der Waals surface area contributed by atoms with Gasteiger partial charge >= 0.3 is 5.97 Å². The van der Waals surface area contributed by atoms with Crippen LogP contribution < -0.4 is 10.1 Å². The molecule has 0 fully saturated rings. The fraction of sp³-hybridized carbons (Fsp3) is 0.120. The highest BCUT2D eigenvalue weighted by molar-refractivity contribution is 5.96. The molecule has 1 atom stereocenters. The third-order valence-corrected chi connectivity index (χ3v) is 4.29. The molecule has 150 valence electrons. The SMILES string of the molecule is C#CCOC(=O)C(Cc1ccccc1Oc1ccccc1)NC(=O)c1ccccc1. The molecule has 0 saturated carbocycles. The molecule has 0 aliphatic heterocycles. The van der Waals surface area contributed by atoms with Crippen LogP contribution >= 0.6 is 0 Å². The molecule has 0 aliphatic carbocycles. The average Bonchev–Trinajstić information content (AvgIpc) is 2.79. The second-order valence-electron chi connectivity index (χ2n) is 6.43. The van der Waals surface area contributed by atoms with Crippen LogP contribution in [-0.2, 0) is 16.0 Å². The topological polar surface area (TPSA) is 64.6 Å². The second-order valence-corrected chi connectivity index (χ2v) is 6.43. The van der Waals surface area contributed by atoms with Crippen molar-refractivity contribution >= 4 is 11.9 Å². The van der Waals surface area contributed by atoms with Gasteiger partial charge in [0.2, 0.25) is 0 Å². The van der Waals surface area contributed by atoms with E-state index in [9.17, 15) is 9.59 Å². The molecule has 1 N–H and O–H groups in total. The van der Waals surface area contributed by atoms with E-state index in [1.807, 2.05) is 60.7 Å². The number of carbonyl (C=O) groups is 2. The molecule has 1 unspecified atom stereocenters. The number of esters is 1. The van der Waals surface area contributed by atoms with Crippen molar-refractivity contribution in [1.82, 2.24) is 5.32 Å². The maximum atomic E-state index is 12.6. The molecule has 0 aromatic heterocycles. The summed E-state index contributed by atoms with van der Waals surface area (Å²) >= 11 is 0. The van der Waals surface area contributed by atoms with Crippen molar-refractivity contribution in [2.45, 2.75) is 12.5 Å². The van der Waals surface area contributed by atoms with E-state index in [1.165, 1.54) is 0 Å². The zero-order chi connectivity index (χ0) is 21.2. The van der Waals surface area contributed by atoms with Gasteiger partial charge in [0.25, 0.3) is 5.91 Å². The lowest BCUT2D eigenvalue weighted by Gasteiger charge is -2.19. The third-order valence-electron chi connectivity index (χ3n) is 4.29. The fourth-order valence-electron chi connectivity index (χ4n) is 2.85. The van der Waals surface area contributed by atoms with Crippen LogP contribution in [0.5, 0.6) is 11.5 Å². The lowest BCUT2D eigenvalue weighted by atomic mass is 10.0. The van der Waals surface area contributed by atoms with Crippen molar-refractivity contribution in [1.29, 1.82) is 0 Å². The van der Waals surface area contributed by atoms with E-state index in [1.54, 1.807) is 24.3 Å². The van der Waals surface area contributed by atoms with Gasteiger partial charge in [0.15, 0.2) is 6.61 Å². The number of para-hydroxylation sites is 2. The van der Waals surface area contributed by atoms with Crippen molar-refractivity contribution in [3.8, 4) is 23.8 Å².